The first kappa shape index (κ1) is 21.4. The van der Waals surface area contributed by atoms with Crippen molar-refractivity contribution in [2.24, 2.45) is 4.99 Å². The van der Waals surface area contributed by atoms with E-state index in [0.29, 0.717) is 6.54 Å². The minimum absolute atomic E-state index is 0.655. The molecule has 0 atom stereocenters. The highest BCUT2D eigenvalue weighted by molar-refractivity contribution is 5.79. The number of unbranched alkanes of at least 4 members (excludes halogenated alkanes) is 2. The number of likely N-dealkylation sites (tertiary alicyclic amines) is 1. The molecule has 6 nitrogen and oxygen atoms in total. The Morgan fingerprint density at radius 1 is 1.04 bits per heavy atom. The summed E-state index contributed by atoms with van der Waals surface area (Å²) in [6.45, 7) is 5.44. The fourth-order valence-corrected chi connectivity index (χ4v) is 3.42. The topological polar surface area (TPSA) is 58.1 Å². The van der Waals surface area contributed by atoms with Gasteiger partial charge in [0.1, 0.15) is 11.5 Å². The molecule has 0 amide bonds. The van der Waals surface area contributed by atoms with Crippen LogP contribution in [-0.4, -0.2) is 58.3 Å². The van der Waals surface area contributed by atoms with Crippen LogP contribution in [0.5, 0.6) is 11.5 Å². The molecule has 1 aromatic carbocycles. The van der Waals surface area contributed by atoms with Crippen LogP contribution in [0, 0.1) is 0 Å². The van der Waals surface area contributed by atoms with Crippen LogP contribution < -0.4 is 20.1 Å². The number of ether oxygens (including phenoxy) is 2. The summed E-state index contributed by atoms with van der Waals surface area (Å²) < 4.78 is 10.7. The number of aliphatic imine (C=N–C) groups is 1. The van der Waals surface area contributed by atoms with Crippen molar-refractivity contribution >= 4 is 5.96 Å². The lowest BCUT2D eigenvalue weighted by molar-refractivity contribution is 0.224. The zero-order valence-corrected chi connectivity index (χ0v) is 17.2. The second-order valence-corrected chi connectivity index (χ2v) is 6.99. The van der Waals surface area contributed by atoms with Gasteiger partial charge >= 0.3 is 0 Å². The second kappa shape index (κ2) is 12.4. The summed E-state index contributed by atoms with van der Waals surface area (Å²) in [5.74, 6) is 2.43. The predicted octanol–water partition coefficient (Wildman–Crippen LogP) is 3.03. The van der Waals surface area contributed by atoms with Crippen molar-refractivity contribution in [3.05, 3.63) is 23.8 Å². The maximum atomic E-state index is 5.44. The van der Waals surface area contributed by atoms with Gasteiger partial charge in [-0.2, -0.15) is 0 Å². The largest absolute Gasteiger partial charge is 0.497 e. The Morgan fingerprint density at radius 2 is 1.85 bits per heavy atom. The van der Waals surface area contributed by atoms with Gasteiger partial charge in [0, 0.05) is 31.8 Å². The van der Waals surface area contributed by atoms with Crippen LogP contribution >= 0.6 is 0 Å². The van der Waals surface area contributed by atoms with E-state index >= 15 is 0 Å². The number of nitrogens with zero attached hydrogens (tertiary/aromatic N) is 2. The molecule has 1 aliphatic heterocycles. The van der Waals surface area contributed by atoms with E-state index in [1.807, 2.05) is 18.2 Å². The molecule has 2 N–H and O–H groups in total. The van der Waals surface area contributed by atoms with Gasteiger partial charge in [0.2, 0.25) is 0 Å². The Balaban J connectivity index is 1.63. The maximum Gasteiger partial charge on any atom is 0.191 e. The van der Waals surface area contributed by atoms with Gasteiger partial charge in [0.05, 0.1) is 14.2 Å². The molecule has 152 valence electrons. The molecular weight excluding hydrogens is 340 g/mol. The summed E-state index contributed by atoms with van der Waals surface area (Å²) >= 11 is 0. The highest BCUT2D eigenvalue weighted by Crippen LogP contribution is 2.24. The van der Waals surface area contributed by atoms with Gasteiger partial charge < -0.3 is 25.0 Å². The molecular formula is C21H36N4O2. The summed E-state index contributed by atoms with van der Waals surface area (Å²) in [6.07, 6.45) is 7.88. The number of hydrogen-bond donors (Lipinski definition) is 2. The molecule has 27 heavy (non-hydrogen) atoms. The molecule has 1 saturated heterocycles. The van der Waals surface area contributed by atoms with Crippen molar-refractivity contribution in [3.8, 4) is 11.5 Å². The third-order valence-corrected chi connectivity index (χ3v) is 5.06. The molecule has 0 aromatic heterocycles. The molecule has 0 unspecified atom stereocenters. The quantitative estimate of drug-likeness (QED) is 0.373. The number of hydrogen-bond acceptors (Lipinski definition) is 4. The molecule has 0 aliphatic carbocycles. The number of nitrogens with one attached hydrogen (secondary N) is 2. The average Bonchev–Trinajstić information content (AvgIpc) is 2.73. The normalized spacial score (nSPS) is 15.4. The van der Waals surface area contributed by atoms with E-state index in [0.717, 1.165) is 29.6 Å². The molecule has 1 fully saturated rings. The Morgan fingerprint density at radius 3 is 2.56 bits per heavy atom. The molecule has 1 aromatic rings. The molecule has 6 heteroatoms. The van der Waals surface area contributed by atoms with Crippen molar-refractivity contribution in [1.29, 1.82) is 0 Å². The molecule has 0 spiro atoms. The Hall–Kier alpha value is -1.95. The number of benzene rings is 1. The van der Waals surface area contributed by atoms with E-state index in [1.54, 1.807) is 21.3 Å². The Bertz CT molecular complexity index is 571. The van der Waals surface area contributed by atoms with Crippen LogP contribution in [0.25, 0.3) is 0 Å². The number of guanidine groups is 1. The van der Waals surface area contributed by atoms with Gasteiger partial charge in [0.15, 0.2) is 5.96 Å². The van der Waals surface area contributed by atoms with Gasteiger partial charge in [-0.3, -0.25) is 4.99 Å². The first-order chi connectivity index (χ1) is 13.3. The fourth-order valence-electron chi connectivity index (χ4n) is 3.42. The zero-order chi connectivity index (χ0) is 19.3. The molecule has 1 heterocycles. The van der Waals surface area contributed by atoms with Crippen molar-refractivity contribution in [3.63, 3.8) is 0 Å². The summed E-state index contributed by atoms with van der Waals surface area (Å²) in [4.78, 5) is 6.92. The minimum Gasteiger partial charge on any atom is -0.497 e. The molecule has 2 rings (SSSR count). The van der Waals surface area contributed by atoms with Gasteiger partial charge in [-0.25, -0.2) is 0 Å². The van der Waals surface area contributed by atoms with E-state index in [-0.39, 0.29) is 0 Å². The lowest BCUT2D eigenvalue weighted by Crippen LogP contribution is -2.37. The fraction of sp³-hybridized carbons (Fsp3) is 0.667. The Labute approximate surface area is 164 Å². The van der Waals surface area contributed by atoms with Crippen LogP contribution in [-0.2, 0) is 6.54 Å². The standard InChI is InChI=1S/C21H36N4O2/c1-22-21(23-12-6-4-7-13-25-14-8-5-9-15-25)24-17-18-10-11-19(26-2)16-20(18)27-3/h10-11,16H,4-9,12-15,17H2,1-3H3,(H2,22,23,24). The molecule has 0 bridgehead atoms. The first-order valence-corrected chi connectivity index (χ1v) is 10.1. The Kier molecular flexibility index (Phi) is 9.84. The number of methoxy groups -OCH3 is 2. The van der Waals surface area contributed by atoms with Gasteiger partial charge in [-0.05, 0) is 57.5 Å². The average molecular weight is 377 g/mol. The number of piperidine rings is 1. The monoisotopic (exact) mass is 376 g/mol. The van der Waals surface area contributed by atoms with Crippen molar-refractivity contribution < 1.29 is 9.47 Å². The van der Waals surface area contributed by atoms with Crippen LogP contribution in [0.1, 0.15) is 44.1 Å². The maximum absolute atomic E-state index is 5.44. The van der Waals surface area contributed by atoms with Gasteiger partial charge in [-0.15, -0.1) is 0 Å². The smallest absolute Gasteiger partial charge is 0.191 e. The first-order valence-electron chi connectivity index (χ1n) is 10.1. The third-order valence-electron chi connectivity index (χ3n) is 5.06. The van der Waals surface area contributed by atoms with Gasteiger partial charge in [-0.1, -0.05) is 12.8 Å². The van der Waals surface area contributed by atoms with Crippen molar-refractivity contribution in [1.82, 2.24) is 15.5 Å². The van der Waals surface area contributed by atoms with Gasteiger partial charge in [0.25, 0.3) is 0 Å². The predicted molar refractivity (Wildman–Crippen MR) is 112 cm³/mol. The summed E-state index contributed by atoms with van der Waals surface area (Å²) in [6, 6.07) is 5.85. The van der Waals surface area contributed by atoms with E-state index in [4.69, 9.17) is 9.47 Å². The van der Waals surface area contributed by atoms with Crippen LogP contribution in [0.3, 0.4) is 0 Å². The van der Waals surface area contributed by atoms with E-state index in [1.165, 1.54) is 58.2 Å². The van der Waals surface area contributed by atoms with Crippen molar-refractivity contribution in [2.75, 3.05) is 47.4 Å². The molecule has 0 radical (unpaired) electrons. The summed E-state index contributed by atoms with van der Waals surface area (Å²) in [5.41, 5.74) is 1.07. The zero-order valence-electron chi connectivity index (χ0n) is 17.2. The van der Waals surface area contributed by atoms with Crippen LogP contribution in [0.4, 0.5) is 0 Å². The van der Waals surface area contributed by atoms with E-state index in [9.17, 15) is 0 Å². The van der Waals surface area contributed by atoms with Crippen LogP contribution in [0.2, 0.25) is 0 Å². The molecule has 1 aliphatic rings. The second-order valence-electron chi connectivity index (χ2n) is 6.99. The third kappa shape index (κ3) is 7.67. The lowest BCUT2D eigenvalue weighted by Gasteiger charge is -2.26. The SMILES string of the molecule is CN=C(NCCCCCN1CCCCC1)NCc1ccc(OC)cc1OC. The summed E-state index contributed by atoms with van der Waals surface area (Å²) in [7, 11) is 5.14. The lowest BCUT2D eigenvalue weighted by atomic mass is 10.1. The highest BCUT2D eigenvalue weighted by atomic mass is 16.5. The van der Waals surface area contributed by atoms with Crippen molar-refractivity contribution in [2.45, 2.75) is 45.1 Å². The number of rotatable bonds is 10. The van der Waals surface area contributed by atoms with Crippen LogP contribution in [0.15, 0.2) is 23.2 Å². The summed E-state index contributed by atoms with van der Waals surface area (Å²) in [5, 5.41) is 6.75. The van der Waals surface area contributed by atoms with E-state index in [2.05, 4.69) is 20.5 Å². The highest BCUT2D eigenvalue weighted by Gasteiger charge is 2.09. The van der Waals surface area contributed by atoms with E-state index < -0.39 is 0 Å². The minimum atomic E-state index is 0.655. The molecule has 0 saturated carbocycles.